The summed E-state index contributed by atoms with van der Waals surface area (Å²) in [6.07, 6.45) is 4.60. The van der Waals surface area contributed by atoms with Crippen LogP contribution in [0.3, 0.4) is 0 Å². The predicted octanol–water partition coefficient (Wildman–Crippen LogP) is 7.71. The molecule has 0 aromatic heterocycles. The molecule has 43 heavy (non-hydrogen) atoms. The van der Waals surface area contributed by atoms with Crippen LogP contribution in [-0.2, 0) is 16.0 Å². The molecule has 2 fully saturated rings. The molecule has 0 N–H and O–H groups in total. The maximum atomic E-state index is 13.9. The van der Waals surface area contributed by atoms with Gasteiger partial charge in [0.2, 0.25) is 11.8 Å². The third kappa shape index (κ3) is 5.62. The Bertz CT molecular complexity index is 1490. The first-order valence-corrected chi connectivity index (χ1v) is 15.9. The zero-order chi connectivity index (χ0) is 30.4. The Hall–Kier alpha value is -3.51. The number of amides is 2. The Morgan fingerprint density at radius 1 is 0.930 bits per heavy atom. The lowest BCUT2D eigenvalue weighted by atomic mass is 9.78. The first kappa shape index (κ1) is 29.6. The summed E-state index contributed by atoms with van der Waals surface area (Å²) in [4.78, 5) is 30.2. The molecule has 6 rings (SSSR count). The molecule has 3 aromatic rings. The molecule has 3 aliphatic rings. The molecule has 7 heteroatoms. The van der Waals surface area contributed by atoms with Crippen molar-refractivity contribution in [1.29, 1.82) is 0 Å². The Morgan fingerprint density at radius 3 is 2.16 bits per heavy atom. The van der Waals surface area contributed by atoms with E-state index in [1.165, 1.54) is 5.56 Å². The van der Waals surface area contributed by atoms with Gasteiger partial charge in [0.15, 0.2) is 11.5 Å². The molecule has 3 aromatic carbocycles. The van der Waals surface area contributed by atoms with Crippen molar-refractivity contribution in [3.05, 3.63) is 87.9 Å². The Kier molecular flexibility index (Phi) is 8.16. The minimum absolute atomic E-state index is 0.0262. The molecule has 6 nitrogen and oxygen atoms in total. The first-order chi connectivity index (χ1) is 20.6. The van der Waals surface area contributed by atoms with Gasteiger partial charge in [0, 0.05) is 29.7 Å². The summed E-state index contributed by atoms with van der Waals surface area (Å²) >= 11 is 6.27. The van der Waals surface area contributed by atoms with Gasteiger partial charge in [0.1, 0.15) is 0 Å². The molecule has 2 saturated heterocycles. The molecule has 3 unspecified atom stereocenters. The van der Waals surface area contributed by atoms with Gasteiger partial charge in [-0.2, -0.15) is 0 Å². The van der Waals surface area contributed by atoms with Gasteiger partial charge in [0.05, 0.1) is 25.7 Å². The van der Waals surface area contributed by atoms with Crippen LogP contribution in [0, 0.1) is 5.92 Å². The molecular formula is C36H41ClN2O4. The summed E-state index contributed by atoms with van der Waals surface area (Å²) in [5.74, 6) is 2.45. The van der Waals surface area contributed by atoms with E-state index in [2.05, 4.69) is 36.1 Å². The molecule has 0 spiro atoms. The van der Waals surface area contributed by atoms with Crippen LogP contribution in [0.15, 0.2) is 60.7 Å². The highest BCUT2D eigenvalue weighted by molar-refractivity contribution is 6.30. The second-order valence-corrected chi connectivity index (χ2v) is 13.1. The van der Waals surface area contributed by atoms with E-state index in [4.69, 9.17) is 21.1 Å². The van der Waals surface area contributed by atoms with Crippen molar-refractivity contribution < 1.29 is 19.1 Å². The summed E-state index contributed by atoms with van der Waals surface area (Å²) in [6.45, 7) is 8.00. The summed E-state index contributed by atoms with van der Waals surface area (Å²) in [5, 5.41) is 0.650. The van der Waals surface area contributed by atoms with Crippen LogP contribution in [0.1, 0.15) is 87.6 Å². The molecule has 2 amide bonds. The summed E-state index contributed by atoms with van der Waals surface area (Å²) < 4.78 is 11.8. The third-order valence-electron chi connectivity index (χ3n) is 9.67. The van der Waals surface area contributed by atoms with Crippen molar-refractivity contribution in [3.63, 3.8) is 0 Å². The van der Waals surface area contributed by atoms with E-state index in [0.717, 1.165) is 48.1 Å². The quantitative estimate of drug-likeness (QED) is 0.279. The number of piperidine rings is 1. The van der Waals surface area contributed by atoms with E-state index in [1.54, 1.807) is 14.0 Å². The van der Waals surface area contributed by atoms with Crippen LogP contribution in [0.5, 0.6) is 11.5 Å². The van der Waals surface area contributed by atoms with Gasteiger partial charge in [-0.25, -0.2) is 0 Å². The topological polar surface area (TPSA) is 59.1 Å². The number of fused-ring (bicyclic) bond motifs is 3. The highest BCUT2D eigenvalue weighted by Crippen LogP contribution is 2.46. The number of benzene rings is 3. The van der Waals surface area contributed by atoms with Crippen molar-refractivity contribution in [3.8, 4) is 11.5 Å². The number of carbonyl (C=O) groups is 2. The van der Waals surface area contributed by atoms with E-state index >= 15 is 0 Å². The van der Waals surface area contributed by atoms with Crippen molar-refractivity contribution >= 4 is 29.1 Å². The first-order valence-electron chi connectivity index (χ1n) is 15.5. The van der Waals surface area contributed by atoms with Crippen LogP contribution < -0.4 is 14.4 Å². The fraction of sp³-hybridized carbons (Fsp3) is 0.444. The Balaban J connectivity index is 1.33. The second-order valence-electron chi connectivity index (χ2n) is 12.7. The average molecular weight is 601 g/mol. The smallest absolute Gasteiger partial charge is 0.232 e. The minimum Gasteiger partial charge on any atom is -0.493 e. The van der Waals surface area contributed by atoms with Crippen LogP contribution in [0.2, 0.25) is 5.02 Å². The van der Waals surface area contributed by atoms with Crippen molar-refractivity contribution in [1.82, 2.24) is 4.90 Å². The van der Waals surface area contributed by atoms with Crippen molar-refractivity contribution in [2.75, 3.05) is 12.0 Å². The number of halogens is 1. The molecule has 0 aliphatic carbocycles. The van der Waals surface area contributed by atoms with Gasteiger partial charge in [-0.05, 0) is 110 Å². The molecule has 3 heterocycles. The van der Waals surface area contributed by atoms with Crippen LogP contribution in [0.4, 0.5) is 5.69 Å². The van der Waals surface area contributed by atoms with E-state index in [9.17, 15) is 9.59 Å². The van der Waals surface area contributed by atoms with Gasteiger partial charge in [-0.15, -0.1) is 0 Å². The molecule has 0 radical (unpaired) electrons. The lowest BCUT2D eigenvalue weighted by Crippen LogP contribution is -2.46. The molecule has 4 atom stereocenters. The standard InChI is InChI=1S/C36H41ClN2O4/c1-21(2)43-34-20-32-27(18-33(34)42-5)19-35(41)39(36(32)25-6-10-28(37)11-7-25)29-12-8-24(9-13-29)22(3)26-16-30-14-15-31(17-26)38(30)23(4)40/h6-13,18,20-22,26,30-31,36H,14-17,19H2,1-5H3/t22?,26?,30?,31?,36-/m0/s1. The highest BCUT2D eigenvalue weighted by Gasteiger charge is 2.43. The van der Waals surface area contributed by atoms with E-state index < -0.39 is 0 Å². The van der Waals surface area contributed by atoms with Gasteiger partial charge >= 0.3 is 0 Å². The van der Waals surface area contributed by atoms with Gasteiger partial charge in [-0.3, -0.25) is 9.59 Å². The maximum Gasteiger partial charge on any atom is 0.232 e. The fourth-order valence-electron chi connectivity index (χ4n) is 7.68. The molecule has 0 saturated carbocycles. The Morgan fingerprint density at radius 2 is 1.58 bits per heavy atom. The van der Waals surface area contributed by atoms with Gasteiger partial charge < -0.3 is 19.3 Å². The van der Waals surface area contributed by atoms with Crippen LogP contribution >= 0.6 is 11.6 Å². The zero-order valence-corrected chi connectivity index (χ0v) is 26.4. The maximum absolute atomic E-state index is 13.9. The predicted molar refractivity (Wildman–Crippen MR) is 170 cm³/mol. The number of hydrogen-bond acceptors (Lipinski definition) is 4. The van der Waals surface area contributed by atoms with E-state index in [1.807, 2.05) is 55.1 Å². The minimum atomic E-state index is -0.344. The number of anilines is 1. The third-order valence-corrected chi connectivity index (χ3v) is 9.93. The normalized spacial score (nSPS) is 23.7. The molecular weight excluding hydrogens is 560 g/mol. The lowest BCUT2D eigenvalue weighted by molar-refractivity contribution is -0.134. The number of hydrogen-bond donors (Lipinski definition) is 0. The Labute approximate surface area is 259 Å². The number of nitrogens with zero attached hydrogens (tertiary/aromatic N) is 2. The number of ether oxygens (including phenoxy) is 2. The van der Waals surface area contributed by atoms with Crippen molar-refractivity contribution in [2.24, 2.45) is 5.92 Å². The summed E-state index contributed by atoms with van der Waals surface area (Å²) in [6, 6.07) is 20.7. The number of rotatable bonds is 7. The largest absolute Gasteiger partial charge is 0.493 e. The van der Waals surface area contributed by atoms with E-state index in [-0.39, 0.29) is 30.4 Å². The highest BCUT2D eigenvalue weighted by atomic mass is 35.5. The van der Waals surface area contributed by atoms with Gasteiger partial charge in [0.25, 0.3) is 0 Å². The van der Waals surface area contributed by atoms with Crippen LogP contribution in [0.25, 0.3) is 0 Å². The monoisotopic (exact) mass is 600 g/mol. The van der Waals surface area contributed by atoms with Gasteiger partial charge in [-0.1, -0.05) is 42.8 Å². The molecule has 3 aliphatic heterocycles. The SMILES string of the molecule is COc1cc2c(cc1OC(C)C)[C@H](c1ccc(Cl)cc1)N(c1ccc(C(C)C3CC4CCC(C3)N4C(C)=O)cc1)C(=O)C2. The van der Waals surface area contributed by atoms with Crippen LogP contribution in [-0.4, -0.2) is 42.0 Å². The van der Waals surface area contributed by atoms with Crippen molar-refractivity contribution in [2.45, 2.75) is 89.9 Å². The second kappa shape index (κ2) is 11.9. The average Bonchev–Trinajstić information content (AvgIpc) is 3.26. The fourth-order valence-corrected chi connectivity index (χ4v) is 7.81. The zero-order valence-electron chi connectivity index (χ0n) is 25.7. The van der Waals surface area contributed by atoms with E-state index in [0.29, 0.717) is 40.4 Å². The number of carbonyl (C=O) groups excluding carboxylic acids is 2. The summed E-state index contributed by atoms with van der Waals surface area (Å²) in [5.41, 5.74) is 5.06. The molecule has 226 valence electrons. The number of methoxy groups -OCH3 is 1. The lowest BCUT2D eigenvalue weighted by Gasteiger charge is -2.41. The summed E-state index contributed by atoms with van der Waals surface area (Å²) in [7, 11) is 1.63. The molecule has 2 bridgehead atoms.